The molecule has 4 aromatic rings. The number of amides is 1. The molecule has 0 atom stereocenters. The molecule has 1 aliphatic heterocycles. The largest absolute Gasteiger partial charge is 0.496 e. The van der Waals surface area contributed by atoms with Crippen molar-refractivity contribution >= 4 is 11.6 Å². The fraction of sp³-hybridized carbons (Fsp3) is 0.125. The molecule has 0 saturated carbocycles. The third-order valence-corrected chi connectivity index (χ3v) is 5.38. The van der Waals surface area contributed by atoms with Crippen LogP contribution in [0, 0.1) is 0 Å². The molecule has 0 bridgehead atoms. The van der Waals surface area contributed by atoms with Gasteiger partial charge >= 0.3 is 6.43 Å². The number of nitrogens with zero attached hydrogens (tertiary/aromatic N) is 3. The Bertz CT molecular complexity index is 1320. The fourth-order valence-electron chi connectivity index (χ4n) is 3.87. The molecule has 160 valence electrons. The van der Waals surface area contributed by atoms with Crippen LogP contribution in [0.2, 0.25) is 0 Å². The summed E-state index contributed by atoms with van der Waals surface area (Å²) < 4.78 is 36.1. The van der Waals surface area contributed by atoms with Crippen LogP contribution in [0.15, 0.2) is 71.1 Å². The molecule has 0 radical (unpaired) electrons. The molecule has 5 rings (SSSR count). The van der Waals surface area contributed by atoms with Gasteiger partial charge in [-0.2, -0.15) is 8.78 Å². The molecule has 2 heterocycles. The first-order valence-electron chi connectivity index (χ1n) is 9.86. The number of ether oxygens (including phenoxy) is 1. The quantitative estimate of drug-likeness (QED) is 0.415. The zero-order chi connectivity index (χ0) is 22.2. The normalized spacial score (nSPS) is 13.0. The van der Waals surface area contributed by atoms with Crippen molar-refractivity contribution in [2.75, 3.05) is 12.0 Å². The van der Waals surface area contributed by atoms with Crippen molar-refractivity contribution in [2.24, 2.45) is 0 Å². The Balaban J connectivity index is 1.52. The van der Waals surface area contributed by atoms with Crippen LogP contribution in [-0.2, 0) is 6.54 Å². The van der Waals surface area contributed by atoms with E-state index < -0.39 is 12.3 Å². The summed E-state index contributed by atoms with van der Waals surface area (Å²) in [5.74, 6) is -0.293. The van der Waals surface area contributed by atoms with Crippen molar-refractivity contribution in [2.45, 2.75) is 13.0 Å². The Morgan fingerprint density at radius 2 is 1.72 bits per heavy atom. The summed E-state index contributed by atoms with van der Waals surface area (Å²) in [6.07, 6.45) is -2.85. The number of para-hydroxylation sites is 2. The summed E-state index contributed by atoms with van der Waals surface area (Å²) in [4.78, 5) is 15.0. The van der Waals surface area contributed by atoms with Crippen LogP contribution >= 0.6 is 0 Å². The second-order valence-electron chi connectivity index (χ2n) is 7.23. The van der Waals surface area contributed by atoms with Gasteiger partial charge in [0.05, 0.1) is 19.3 Å². The average Bonchev–Trinajstić information content (AvgIpc) is 3.44. The van der Waals surface area contributed by atoms with E-state index in [0.29, 0.717) is 23.4 Å². The van der Waals surface area contributed by atoms with Crippen LogP contribution in [-0.4, -0.2) is 23.2 Å². The lowest BCUT2D eigenvalue weighted by molar-refractivity contribution is 0.0996. The molecule has 8 heteroatoms. The van der Waals surface area contributed by atoms with Crippen molar-refractivity contribution in [3.05, 3.63) is 83.7 Å². The lowest BCUT2D eigenvalue weighted by Gasteiger charge is -2.21. The summed E-state index contributed by atoms with van der Waals surface area (Å²) in [7, 11) is 1.61. The SMILES string of the molecule is COc1ccccc1-c1ccccc1N1Cc2ccc(-c3nnc(C(F)F)o3)cc2C1=O. The van der Waals surface area contributed by atoms with E-state index in [1.54, 1.807) is 30.2 Å². The first-order valence-corrected chi connectivity index (χ1v) is 9.86. The van der Waals surface area contributed by atoms with E-state index in [1.165, 1.54) is 0 Å². The van der Waals surface area contributed by atoms with Crippen LogP contribution in [0.3, 0.4) is 0 Å². The van der Waals surface area contributed by atoms with E-state index in [2.05, 4.69) is 10.2 Å². The van der Waals surface area contributed by atoms with Gasteiger partial charge in [-0.05, 0) is 29.8 Å². The number of rotatable bonds is 5. The van der Waals surface area contributed by atoms with Gasteiger partial charge in [0.1, 0.15) is 5.75 Å². The Morgan fingerprint density at radius 3 is 2.47 bits per heavy atom. The molecule has 0 saturated heterocycles. The molecule has 0 N–H and O–H groups in total. The lowest BCUT2D eigenvalue weighted by atomic mass is 10.0. The number of hydrogen-bond donors (Lipinski definition) is 0. The smallest absolute Gasteiger partial charge is 0.314 e. The highest BCUT2D eigenvalue weighted by atomic mass is 19.3. The highest BCUT2D eigenvalue weighted by Gasteiger charge is 2.31. The standard InChI is InChI=1S/C24H17F2N3O3/c1-31-20-9-5-3-7-17(20)16-6-2-4-8-19(16)29-13-15-11-10-14(12-18(15)24(29)30)22-27-28-23(32-22)21(25)26/h2-12,21H,13H2,1H3. The monoisotopic (exact) mass is 433 g/mol. The van der Waals surface area contributed by atoms with Gasteiger partial charge in [-0.25, -0.2) is 0 Å². The minimum absolute atomic E-state index is 0.0521. The maximum atomic E-state index is 13.3. The molecule has 6 nitrogen and oxygen atoms in total. The first kappa shape index (κ1) is 19.9. The van der Waals surface area contributed by atoms with E-state index in [1.807, 2.05) is 48.5 Å². The summed E-state index contributed by atoms with van der Waals surface area (Å²) in [5.41, 5.74) is 4.19. The fourth-order valence-corrected chi connectivity index (χ4v) is 3.87. The van der Waals surface area contributed by atoms with E-state index in [-0.39, 0.29) is 11.8 Å². The number of alkyl halides is 2. The number of aromatic nitrogens is 2. The van der Waals surface area contributed by atoms with Crippen LogP contribution in [0.1, 0.15) is 28.2 Å². The summed E-state index contributed by atoms with van der Waals surface area (Å²) in [6.45, 7) is 0.382. The maximum absolute atomic E-state index is 13.3. The Kier molecular flexibility index (Phi) is 4.89. The number of anilines is 1. The molecule has 0 spiro atoms. The Labute approximate surface area is 182 Å². The third-order valence-electron chi connectivity index (χ3n) is 5.38. The number of halogens is 2. The molecule has 3 aromatic carbocycles. The Morgan fingerprint density at radius 1 is 0.969 bits per heavy atom. The van der Waals surface area contributed by atoms with E-state index >= 15 is 0 Å². The molecular formula is C24H17F2N3O3. The minimum Gasteiger partial charge on any atom is -0.496 e. The van der Waals surface area contributed by atoms with Crippen LogP contribution in [0.4, 0.5) is 14.5 Å². The van der Waals surface area contributed by atoms with Crippen LogP contribution < -0.4 is 9.64 Å². The zero-order valence-corrected chi connectivity index (χ0v) is 17.0. The molecule has 1 amide bonds. The van der Waals surface area contributed by atoms with Crippen LogP contribution in [0.25, 0.3) is 22.6 Å². The summed E-state index contributed by atoms with van der Waals surface area (Å²) in [6, 6.07) is 20.3. The van der Waals surface area contributed by atoms with Crippen molar-refractivity contribution in [1.29, 1.82) is 0 Å². The predicted octanol–water partition coefficient (Wildman–Crippen LogP) is 5.51. The highest BCUT2D eigenvalue weighted by Crippen LogP contribution is 2.40. The van der Waals surface area contributed by atoms with E-state index in [9.17, 15) is 13.6 Å². The van der Waals surface area contributed by atoms with Crippen molar-refractivity contribution in [3.63, 3.8) is 0 Å². The van der Waals surface area contributed by atoms with Crippen molar-refractivity contribution < 1.29 is 22.7 Å². The average molecular weight is 433 g/mol. The molecule has 1 aliphatic rings. The molecule has 0 aliphatic carbocycles. The third kappa shape index (κ3) is 3.30. The number of carbonyl (C=O) groups is 1. The van der Waals surface area contributed by atoms with E-state index in [0.717, 1.165) is 22.4 Å². The number of fused-ring (bicyclic) bond motifs is 1. The number of carbonyl (C=O) groups excluding carboxylic acids is 1. The van der Waals surface area contributed by atoms with Gasteiger partial charge in [0.15, 0.2) is 0 Å². The van der Waals surface area contributed by atoms with Crippen molar-refractivity contribution in [3.8, 4) is 28.3 Å². The molecular weight excluding hydrogens is 416 g/mol. The first-order chi connectivity index (χ1) is 15.6. The molecule has 32 heavy (non-hydrogen) atoms. The maximum Gasteiger partial charge on any atom is 0.314 e. The minimum atomic E-state index is -2.85. The van der Waals surface area contributed by atoms with Gasteiger partial charge in [-0.15, -0.1) is 10.2 Å². The van der Waals surface area contributed by atoms with Crippen molar-refractivity contribution in [1.82, 2.24) is 10.2 Å². The second-order valence-corrected chi connectivity index (χ2v) is 7.23. The lowest BCUT2D eigenvalue weighted by Crippen LogP contribution is -2.23. The molecule has 0 fully saturated rings. The van der Waals surface area contributed by atoms with Gasteiger partial charge in [-0.3, -0.25) is 4.79 Å². The summed E-state index contributed by atoms with van der Waals surface area (Å²) in [5, 5.41) is 7.03. The van der Waals surface area contributed by atoms with Gasteiger partial charge in [0.25, 0.3) is 11.8 Å². The Hall–Kier alpha value is -4.07. The van der Waals surface area contributed by atoms with E-state index in [4.69, 9.17) is 9.15 Å². The van der Waals surface area contributed by atoms with Crippen LogP contribution in [0.5, 0.6) is 5.75 Å². The topological polar surface area (TPSA) is 68.5 Å². The van der Waals surface area contributed by atoms with Gasteiger partial charge in [0, 0.05) is 22.3 Å². The van der Waals surface area contributed by atoms with Gasteiger partial charge < -0.3 is 14.1 Å². The molecule has 0 unspecified atom stereocenters. The number of hydrogen-bond acceptors (Lipinski definition) is 5. The molecule has 1 aromatic heterocycles. The summed E-state index contributed by atoms with van der Waals surface area (Å²) >= 11 is 0. The predicted molar refractivity (Wildman–Crippen MR) is 114 cm³/mol. The van der Waals surface area contributed by atoms with Gasteiger partial charge in [-0.1, -0.05) is 42.5 Å². The zero-order valence-electron chi connectivity index (χ0n) is 17.0. The number of methoxy groups -OCH3 is 1. The van der Waals surface area contributed by atoms with Gasteiger partial charge in [0.2, 0.25) is 5.89 Å². The second kappa shape index (κ2) is 7.88. The number of benzene rings is 3. The highest BCUT2D eigenvalue weighted by molar-refractivity contribution is 6.12.